The van der Waals surface area contributed by atoms with Gasteiger partial charge in [0, 0.05) is 22.8 Å². The van der Waals surface area contributed by atoms with Crippen molar-refractivity contribution < 1.29 is 0 Å². The molecule has 0 fully saturated rings. The second-order valence-corrected chi connectivity index (χ2v) is 5.46. The smallest absolute Gasteiger partial charge is 0.134 e. The zero-order valence-electron chi connectivity index (χ0n) is 10.7. The number of fused-ring (bicyclic) bond motifs is 1. The number of aryl methyl sites for hydroxylation is 1. The van der Waals surface area contributed by atoms with Gasteiger partial charge < -0.3 is 5.32 Å². The van der Waals surface area contributed by atoms with Crippen LogP contribution in [0.4, 0.5) is 5.82 Å². The lowest BCUT2D eigenvalue weighted by molar-refractivity contribution is 0.860. The number of nitrogens with zero attached hydrogens (tertiary/aromatic N) is 1. The third-order valence-electron chi connectivity index (χ3n) is 3.16. The van der Waals surface area contributed by atoms with Crippen LogP contribution in [0.5, 0.6) is 0 Å². The molecule has 2 heterocycles. The van der Waals surface area contributed by atoms with Crippen LogP contribution < -0.4 is 5.32 Å². The lowest BCUT2D eigenvalue weighted by atomic mass is 10.1. The van der Waals surface area contributed by atoms with E-state index in [9.17, 15) is 0 Å². The van der Waals surface area contributed by atoms with E-state index in [1.54, 1.807) is 11.3 Å². The van der Waals surface area contributed by atoms with E-state index in [0.29, 0.717) is 0 Å². The maximum absolute atomic E-state index is 4.42. The Morgan fingerprint density at radius 2 is 1.95 bits per heavy atom. The van der Waals surface area contributed by atoms with Crippen molar-refractivity contribution in [1.29, 1.82) is 0 Å². The van der Waals surface area contributed by atoms with Gasteiger partial charge in [-0.2, -0.15) is 0 Å². The Kier molecular flexibility index (Phi) is 3.75. The number of hydrogen-bond acceptors (Lipinski definition) is 3. The SMILES string of the molecule is c1ccc(CCCNc2nccc3sccc23)cc1. The lowest BCUT2D eigenvalue weighted by Crippen LogP contribution is -2.04. The summed E-state index contributed by atoms with van der Waals surface area (Å²) in [6, 6.07) is 14.8. The van der Waals surface area contributed by atoms with Crippen LogP contribution in [0.15, 0.2) is 54.0 Å². The molecule has 3 aromatic rings. The first-order chi connectivity index (χ1) is 9.43. The molecule has 1 aromatic carbocycles. The van der Waals surface area contributed by atoms with Gasteiger partial charge in [0.2, 0.25) is 0 Å². The van der Waals surface area contributed by atoms with Crippen LogP contribution in [-0.2, 0) is 6.42 Å². The maximum atomic E-state index is 4.42. The number of pyridine rings is 1. The van der Waals surface area contributed by atoms with Crippen LogP contribution in [0.25, 0.3) is 10.1 Å². The van der Waals surface area contributed by atoms with E-state index in [-0.39, 0.29) is 0 Å². The molecule has 0 unspecified atom stereocenters. The molecule has 2 aromatic heterocycles. The lowest BCUT2D eigenvalue weighted by Gasteiger charge is -2.06. The number of hydrogen-bond donors (Lipinski definition) is 1. The highest BCUT2D eigenvalue weighted by molar-refractivity contribution is 7.17. The normalized spacial score (nSPS) is 10.7. The molecule has 0 radical (unpaired) electrons. The van der Waals surface area contributed by atoms with E-state index in [2.05, 4.69) is 58.1 Å². The average Bonchev–Trinajstić information content (AvgIpc) is 2.94. The van der Waals surface area contributed by atoms with Gasteiger partial charge in [-0.25, -0.2) is 4.98 Å². The third-order valence-corrected chi connectivity index (χ3v) is 4.04. The molecule has 0 aliphatic carbocycles. The van der Waals surface area contributed by atoms with Crippen molar-refractivity contribution in [1.82, 2.24) is 4.98 Å². The Hall–Kier alpha value is -1.87. The molecule has 2 nitrogen and oxygen atoms in total. The molecule has 3 heteroatoms. The standard InChI is InChI=1S/C16H16N2S/c1-2-5-13(6-3-1)7-4-10-17-16-14-9-12-19-15(14)8-11-18-16/h1-3,5-6,8-9,11-12H,4,7,10H2,(H,17,18). The minimum Gasteiger partial charge on any atom is -0.370 e. The first-order valence-electron chi connectivity index (χ1n) is 6.53. The van der Waals surface area contributed by atoms with E-state index in [0.717, 1.165) is 25.2 Å². The minimum absolute atomic E-state index is 0.955. The molecule has 0 aliphatic heterocycles. The fourth-order valence-electron chi connectivity index (χ4n) is 2.18. The van der Waals surface area contributed by atoms with Crippen molar-refractivity contribution in [2.45, 2.75) is 12.8 Å². The van der Waals surface area contributed by atoms with Gasteiger partial charge in [0.25, 0.3) is 0 Å². The molecule has 0 aliphatic rings. The molecule has 0 saturated heterocycles. The zero-order valence-corrected chi connectivity index (χ0v) is 11.5. The Bertz CT molecular complexity index is 646. The maximum Gasteiger partial charge on any atom is 0.134 e. The first kappa shape index (κ1) is 12.2. The van der Waals surface area contributed by atoms with Crippen molar-refractivity contribution in [2.24, 2.45) is 0 Å². The number of nitrogens with one attached hydrogen (secondary N) is 1. The van der Waals surface area contributed by atoms with Gasteiger partial charge in [0.05, 0.1) is 0 Å². The third kappa shape index (κ3) is 2.93. The van der Waals surface area contributed by atoms with E-state index in [1.807, 2.05) is 6.20 Å². The second kappa shape index (κ2) is 5.85. The fourth-order valence-corrected chi connectivity index (χ4v) is 2.96. The molecule has 0 spiro atoms. The summed E-state index contributed by atoms with van der Waals surface area (Å²) in [6.07, 6.45) is 4.10. The summed E-state index contributed by atoms with van der Waals surface area (Å²) >= 11 is 1.76. The topological polar surface area (TPSA) is 24.9 Å². The summed E-state index contributed by atoms with van der Waals surface area (Å²) in [5.74, 6) is 1.01. The highest BCUT2D eigenvalue weighted by Crippen LogP contribution is 2.25. The Morgan fingerprint density at radius 1 is 1.05 bits per heavy atom. The second-order valence-electron chi connectivity index (χ2n) is 4.51. The summed E-state index contributed by atoms with van der Waals surface area (Å²) in [6.45, 7) is 0.955. The van der Waals surface area contributed by atoms with Crippen LogP contribution in [0, 0.1) is 0 Å². The van der Waals surface area contributed by atoms with Gasteiger partial charge >= 0.3 is 0 Å². The zero-order chi connectivity index (χ0) is 12.9. The summed E-state index contributed by atoms with van der Waals surface area (Å²) < 4.78 is 1.29. The molecule has 0 amide bonds. The van der Waals surface area contributed by atoms with Gasteiger partial charge in [-0.15, -0.1) is 11.3 Å². The molecule has 0 atom stereocenters. The highest BCUT2D eigenvalue weighted by atomic mass is 32.1. The van der Waals surface area contributed by atoms with Crippen LogP contribution in [0.2, 0.25) is 0 Å². The van der Waals surface area contributed by atoms with Gasteiger partial charge in [0.15, 0.2) is 0 Å². The van der Waals surface area contributed by atoms with Crippen molar-refractivity contribution in [3.8, 4) is 0 Å². The first-order valence-corrected chi connectivity index (χ1v) is 7.41. The number of thiophene rings is 1. The molecule has 3 rings (SSSR count). The van der Waals surface area contributed by atoms with Crippen molar-refractivity contribution in [3.63, 3.8) is 0 Å². The van der Waals surface area contributed by atoms with Crippen LogP contribution in [0.3, 0.4) is 0 Å². The number of benzene rings is 1. The van der Waals surface area contributed by atoms with Gasteiger partial charge in [-0.05, 0) is 35.9 Å². The van der Waals surface area contributed by atoms with Crippen molar-refractivity contribution in [2.75, 3.05) is 11.9 Å². The largest absolute Gasteiger partial charge is 0.370 e. The van der Waals surface area contributed by atoms with Crippen molar-refractivity contribution >= 4 is 27.2 Å². The minimum atomic E-state index is 0.955. The van der Waals surface area contributed by atoms with Gasteiger partial charge in [0.1, 0.15) is 5.82 Å². The Balaban J connectivity index is 1.57. The Morgan fingerprint density at radius 3 is 2.84 bits per heavy atom. The van der Waals surface area contributed by atoms with E-state index >= 15 is 0 Å². The quantitative estimate of drug-likeness (QED) is 0.696. The van der Waals surface area contributed by atoms with Gasteiger partial charge in [-0.3, -0.25) is 0 Å². The summed E-state index contributed by atoms with van der Waals surface area (Å²) in [5.41, 5.74) is 1.39. The van der Waals surface area contributed by atoms with Crippen LogP contribution in [0.1, 0.15) is 12.0 Å². The molecule has 0 bridgehead atoms. The van der Waals surface area contributed by atoms with E-state index in [4.69, 9.17) is 0 Å². The number of aromatic nitrogens is 1. The van der Waals surface area contributed by atoms with Gasteiger partial charge in [-0.1, -0.05) is 30.3 Å². The number of rotatable bonds is 5. The fraction of sp³-hybridized carbons (Fsp3) is 0.188. The predicted molar refractivity (Wildman–Crippen MR) is 82.9 cm³/mol. The monoisotopic (exact) mass is 268 g/mol. The predicted octanol–water partition coefficient (Wildman–Crippen LogP) is 4.34. The Labute approximate surface area is 117 Å². The van der Waals surface area contributed by atoms with Crippen molar-refractivity contribution in [3.05, 3.63) is 59.6 Å². The van der Waals surface area contributed by atoms with Crippen LogP contribution in [-0.4, -0.2) is 11.5 Å². The summed E-state index contributed by atoms with van der Waals surface area (Å²) in [4.78, 5) is 4.42. The average molecular weight is 268 g/mol. The molecule has 1 N–H and O–H groups in total. The molecule has 96 valence electrons. The van der Waals surface area contributed by atoms with E-state index < -0.39 is 0 Å². The molecule has 0 saturated carbocycles. The molecular formula is C16H16N2S. The molecular weight excluding hydrogens is 252 g/mol. The number of anilines is 1. The summed E-state index contributed by atoms with van der Waals surface area (Å²) in [7, 11) is 0. The highest BCUT2D eigenvalue weighted by Gasteiger charge is 2.02. The van der Waals surface area contributed by atoms with Crippen LogP contribution >= 0.6 is 11.3 Å². The van der Waals surface area contributed by atoms with E-state index in [1.165, 1.54) is 15.6 Å². The molecule has 19 heavy (non-hydrogen) atoms. The summed E-state index contributed by atoms with van der Waals surface area (Å²) in [5, 5.41) is 6.78.